The highest BCUT2D eigenvalue weighted by Gasteiger charge is 2.38. The van der Waals surface area contributed by atoms with E-state index in [9.17, 15) is 14.0 Å². The Bertz CT molecular complexity index is 562. The molecule has 1 saturated heterocycles. The summed E-state index contributed by atoms with van der Waals surface area (Å²) in [6.07, 6.45) is -0.142. The largest absolute Gasteiger partial charge is 0.384 e. The summed E-state index contributed by atoms with van der Waals surface area (Å²) in [7, 11) is 1.53. The van der Waals surface area contributed by atoms with Crippen LogP contribution in [-0.4, -0.2) is 43.5 Å². The molecule has 2 rings (SSSR count). The molecule has 0 aliphatic carbocycles. The van der Waals surface area contributed by atoms with Crippen LogP contribution in [0.15, 0.2) is 18.2 Å². The van der Waals surface area contributed by atoms with Gasteiger partial charge < -0.3 is 15.4 Å². The molecule has 1 aromatic carbocycles. The van der Waals surface area contributed by atoms with Gasteiger partial charge in [-0.1, -0.05) is 17.7 Å². The summed E-state index contributed by atoms with van der Waals surface area (Å²) < 4.78 is 18.8. The number of benzene rings is 1. The third kappa shape index (κ3) is 3.56. The fourth-order valence-corrected chi connectivity index (χ4v) is 2.97. The number of likely N-dealkylation sites (tertiary alicyclic amines) is 1. The van der Waals surface area contributed by atoms with Crippen molar-refractivity contribution in [2.75, 3.05) is 26.8 Å². The summed E-state index contributed by atoms with van der Waals surface area (Å²) in [6.45, 7) is 0.943. The lowest BCUT2D eigenvalue weighted by Crippen LogP contribution is -2.33. The Balaban J connectivity index is 2.09. The summed E-state index contributed by atoms with van der Waals surface area (Å²) >= 11 is 5.93. The Morgan fingerprint density at radius 1 is 1.45 bits per heavy atom. The number of rotatable bonds is 5. The molecular formula is C15H18ClFN2O3. The minimum absolute atomic E-state index is 0.137. The first-order valence-electron chi connectivity index (χ1n) is 6.93. The number of hydrogen-bond acceptors (Lipinski definition) is 3. The Morgan fingerprint density at radius 2 is 2.18 bits per heavy atom. The number of amides is 2. The molecule has 2 N–H and O–H groups in total. The minimum Gasteiger partial charge on any atom is -0.384 e. The van der Waals surface area contributed by atoms with Gasteiger partial charge in [-0.15, -0.1) is 0 Å². The molecule has 0 radical (unpaired) electrons. The van der Waals surface area contributed by atoms with Crippen LogP contribution in [0.25, 0.3) is 0 Å². The van der Waals surface area contributed by atoms with Gasteiger partial charge in [-0.2, -0.15) is 0 Å². The molecule has 1 aliphatic rings. The van der Waals surface area contributed by atoms with Crippen molar-refractivity contribution in [3.05, 3.63) is 34.6 Å². The normalized spacial score (nSPS) is 21.1. The first-order chi connectivity index (χ1) is 10.4. The van der Waals surface area contributed by atoms with Crippen molar-refractivity contribution < 1.29 is 18.7 Å². The van der Waals surface area contributed by atoms with E-state index < -0.39 is 17.6 Å². The van der Waals surface area contributed by atoms with Crippen LogP contribution in [-0.2, 0) is 20.7 Å². The van der Waals surface area contributed by atoms with Crippen LogP contribution in [0.1, 0.15) is 5.56 Å². The Hall–Kier alpha value is -1.66. The molecular weight excluding hydrogens is 311 g/mol. The molecule has 2 atom stereocenters. The lowest BCUT2D eigenvalue weighted by Gasteiger charge is -2.17. The fourth-order valence-electron chi connectivity index (χ4n) is 2.74. The molecule has 2 amide bonds. The van der Waals surface area contributed by atoms with E-state index in [1.165, 1.54) is 30.2 Å². The van der Waals surface area contributed by atoms with Crippen molar-refractivity contribution >= 4 is 23.4 Å². The highest BCUT2D eigenvalue weighted by atomic mass is 35.5. The van der Waals surface area contributed by atoms with Gasteiger partial charge in [0.15, 0.2) is 0 Å². The van der Waals surface area contributed by atoms with Gasteiger partial charge in [0.1, 0.15) is 5.82 Å². The lowest BCUT2D eigenvalue weighted by molar-refractivity contribution is -0.129. The molecule has 5 nitrogen and oxygen atoms in total. The van der Waals surface area contributed by atoms with Crippen LogP contribution in [0.4, 0.5) is 4.39 Å². The molecule has 0 aromatic heterocycles. The zero-order valence-corrected chi connectivity index (χ0v) is 13.0. The number of carbonyl (C=O) groups is 2. The molecule has 0 bridgehead atoms. The van der Waals surface area contributed by atoms with E-state index in [1.807, 2.05) is 0 Å². The van der Waals surface area contributed by atoms with Gasteiger partial charge in [0, 0.05) is 36.7 Å². The number of nitrogens with zero attached hydrogens (tertiary/aromatic N) is 1. The highest BCUT2D eigenvalue weighted by Crippen LogP contribution is 2.26. The number of methoxy groups -OCH3 is 1. The van der Waals surface area contributed by atoms with Crippen molar-refractivity contribution in [3.63, 3.8) is 0 Å². The fraction of sp³-hybridized carbons (Fsp3) is 0.467. The van der Waals surface area contributed by atoms with Gasteiger partial charge in [-0.3, -0.25) is 9.59 Å². The van der Waals surface area contributed by atoms with E-state index in [0.717, 1.165) is 0 Å². The van der Waals surface area contributed by atoms with Gasteiger partial charge in [0.2, 0.25) is 11.8 Å². The quantitative estimate of drug-likeness (QED) is 0.883. The summed E-state index contributed by atoms with van der Waals surface area (Å²) in [6, 6.07) is 4.29. The van der Waals surface area contributed by atoms with Crippen molar-refractivity contribution in [1.29, 1.82) is 0 Å². The summed E-state index contributed by atoms with van der Waals surface area (Å²) in [5.74, 6) is -1.83. The third-order valence-corrected chi connectivity index (χ3v) is 4.28. The molecule has 1 aliphatic heterocycles. The standard InChI is InChI=1S/C15H18ClFN2O3/c1-22-8-9-6-19(7-11(9)15(18)21)14(20)5-10-12(16)3-2-4-13(10)17/h2-4,9,11H,5-8H2,1H3,(H2,18,21)/t9-,11+/m0/s1. The Labute approximate surface area is 133 Å². The zero-order valence-electron chi connectivity index (χ0n) is 12.2. The van der Waals surface area contributed by atoms with Crippen molar-refractivity contribution in [2.24, 2.45) is 17.6 Å². The van der Waals surface area contributed by atoms with Gasteiger partial charge in [-0.05, 0) is 12.1 Å². The number of halogens is 2. The summed E-state index contributed by atoms with van der Waals surface area (Å²) in [4.78, 5) is 25.3. The van der Waals surface area contributed by atoms with Crippen molar-refractivity contribution in [2.45, 2.75) is 6.42 Å². The van der Waals surface area contributed by atoms with E-state index in [2.05, 4.69) is 0 Å². The maximum atomic E-state index is 13.8. The lowest BCUT2D eigenvalue weighted by atomic mass is 9.96. The minimum atomic E-state index is -0.514. The molecule has 1 fully saturated rings. The van der Waals surface area contributed by atoms with E-state index in [4.69, 9.17) is 22.1 Å². The smallest absolute Gasteiger partial charge is 0.227 e. The number of primary amides is 1. The van der Waals surface area contributed by atoms with Crippen molar-refractivity contribution in [1.82, 2.24) is 4.90 Å². The third-order valence-electron chi connectivity index (χ3n) is 3.93. The predicted octanol–water partition coefficient (Wildman–Crippen LogP) is 1.23. The molecule has 0 saturated carbocycles. The van der Waals surface area contributed by atoms with E-state index >= 15 is 0 Å². The monoisotopic (exact) mass is 328 g/mol. The molecule has 22 heavy (non-hydrogen) atoms. The molecule has 7 heteroatoms. The number of hydrogen-bond donors (Lipinski definition) is 1. The Kier molecular flexibility index (Phi) is 5.37. The van der Waals surface area contributed by atoms with Crippen LogP contribution in [0.3, 0.4) is 0 Å². The maximum absolute atomic E-state index is 13.8. The van der Waals surface area contributed by atoms with Gasteiger partial charge in [0.25, 0.3) is 0 Å². The van der Waals surface area contributed by atoms with Crippen LogP contribution in [0, 0.1) is 17.7 Å². The zero-order chi connectivity index (χ0) is 16.3. The second-order valence-electron chi connectivity index (χ2n) is 5.40. The molecule has 0 unspecified atom stereocenters. The van der Waals surface area contributed by atoms with Gasteiger partial charge in [0.05, 0.1) is 18.9 Å². The molecule has 120 valence electrons. The maximum Gasteiger partial charge on any atom is 0.227 e. The summed E-state index contributed by atoms with van der Waals surface area (Å²) in [5, 5.41) is 0.215. The number of carbonyl (C=O) groups excluding carboxylic acids is 2. The second kappa shape index (κ2) is 7.07. The van der Waals surface area contributed by atoms with Gasteiger partial charge in [-0.25, -0.2) is 4.39 Å². The summed E-state index contributed by atoms with van der Waals surface area (Å²) in [5.41, 5.74) is 5.53. The number of ether oxygens (including phenoxy) is 1. The molecule has 0 spiro atoms. The number of nitrogens with two attached hydrogens (primary N) is 1. The van der Waals surface area contributed by atoms with E-state index in [0.29, 0.717) is 13.2 Å². The Morgan fingerprint density at radius 3 is 2.77 bits per heavy atom. The highest BCUT2D eigenvalue weighted by molar-refractivity contribution is 6.31. The molecule has 1 heterocycles. The van der Waals surface area contributed by atoms with E-state index in [-0.39, 0.29) is 35.4 Å². The first kappa shape index (κ1) is 16.7. The van der Waals surface area contributed by atoms with Crippen LogP contribution < -0.4 is 5.73 Å². The average molecular weight is 329 g/mol. The second-order valence-corrected chi connectivity index (χ2v) is 5.81. The van der Waals surface area contributed by atoms with Crippen LogP contribution in [0.2, 0.25) is 5.02 Å². The topological polar surface area (TPSA) is 72.6 Å². The average Bonchev–Trinajstić information content (AvgIpc) is 2.87. The van der Waals surface area contributed by atoms with Crippen LogP contribution in [0.5, 0.6) is 0 Å². The van der Waals surface area contributed by atoms with Crippen LogP contribution >= 0.6 is 11.6 Å². The molecule has 1 aromatic rings. The van der Waals surface area contributed by atoms with Gasteiger partial charge >= 0.3 is 0 Å². The van der Waals surface area contributed by atoms with Crippen molar-refractivity contribution in [3.8, 4) is 0 Å². The predicted molar refractivity (Wildman–Crippen MR) is 79.7 cm³/mol. The van der Waals surface area contributed by atoms with E-state index in [1.54, 1.807) is 0 Å². The SMILES string of the molecule is COC[C@@H]1CN(C(=O)Cc2c(F)cccc2Cl)C[C@H]1C(N)=O. The first-order valence-corrected chi connectivity index (χ1v) is 7.30.